The van der Waals surface area contributed by atoms with Gasteiger partial charge in [0.15, 0.2) is 0 Å². The molecule has 2 aromatic carbocycles. The number of nitrogens with zero attached hydrogens (tertiary/aromatic N) is 2. The third-order valence-corrected chi connectivity index (χ3v) is 5.25. The third-order valence-electron chi connectivity index (χ3n) is 3.77. The normalized spacial score (nSPS) is 11.9. The van der Waals surface area contributed by atoms with Gasteiger partial charge in [-0.25, -0.2) is 18.6 Å². The molecule has 1 amide bonds. The van der Waals surface area contributed by atoms with Crippen LogP contribution in [0.4, 0.5) is 5.69 Å². The lowest BCUT2D eigenvalue weighted by atomic mass is 10.1. The second kappa shape index (κ2) is 9.20. The lowest BCUT2D eigenvalue weighted by Gasteiger charge is -2.07. The molecule has 28 heavy (non-hydrogen) atoms. The Morgan fingerprint density at radius 3 is 2.43 bits per heavy atom. The van der Waals surface area contributed by atoms with E-state index >= 15 is 0 Å². The highest BCUT2D eigenvalue weighted by molar-refractivity contribution is 7.89. The summed E-state index contributed by atoms with van der Waals surface area (Å²) >= 11 is 0. The van der Waals surface area contributed by atoms with Gasteiger partial charge >= 0.3 is 0 Å². The van der Waals surface area contributed by atoms with Crippen LogP contribution in [0.15, 0.2) is 58.5 Å². The predicted octanol–water partition coefficient (Wildman–Crippen LogP) is 2.44. The Bertz CT molecular complexity index is 1000. The molecule has 0 fully saturated rings. The molecule has 148 valence electrons. The van der Waals surface area contributed by atoms with Crippen LogP contribution in [0.3, 0.4) is 0 Å². The lowest BCUT2D eigenvalue weighted by molar-refractivity contribution is -0.384. The van der Waals surface area contributed by atoms with Crippen molar-refractivity contribution in [3.05, 3.63) is 69.8 Å². The smallest absolute Gasteiger partial charge is 0.267 e. The predicted molar refractivity (Wildman–Crippen MR) is 105 cm³/mol. The van der Waals surface area contributed by atoms with Crippen LogP contribution in [0.25, 0.3) is 0 Å². The minimum atomic E-state index is -3.55. The molecule has 2 N–H and O–H groups in total. The molecule has 0 aromatic heterocycles. The molecule has 0 radical (unpaired) electrons. The van der Waals surface area contributed by atoms with Crippen molar-refractivity contribution in [1.82, 2.24) is 10.1 Å². The number of non-ortho nitro benzene ring substituents is 1. The maximum absolute atomic E-state index is 12.1. The molecule has 10 heteroatoms. The van der Waals surface area contributed by atoms with E-state index in [9.17, 15) is 23.3 Å². The molecule has 0 atom stereocenters. The number of benzene rings is 2. The standard InChI is InChI=1S/C18H20N4O5S/c1-3-11-19-28(26,27)17-9-7-14(8-10-17)13(2)20-21-18(23)15-5-4-6-16(12-15)22(24)25/h4-10,12,19H,3,11H2,1-2H3,(H,21,23)/b20-13-. The molecule has 0 saturated heterocycles. The minimum absolute atomic E-state index is 0.106. The van der Waals surface area contributed by atoms with Crippen molar-refractivity contribution in [2.75, 3.05) is 6.54 Å². The first-order valence-electron chi connectivity index (χ1n) is 8.44. The van der Waals surface area contributed by atoms with Gasteiger partial charge in [-0.05, 0) is 37.1 Å². The summed E-state index contributed by atoms with van der Waals surface area (Å²) in [6.45, 7) is 3.87. The fourth-order valence-corrected chi connectivity index (χ4v) is 3.35. The van der Waals surface area contributed by atoms with E-state index in [4.69, 9.17) is 0 Å². The van der Waals surface area contributed by atoms with Crippen molar-refractivity contribution < 1.29 is 18.1 Å². The Morgan fingerprint density at radius 2 is 1.82 bits per heavy atom. The van der Waals surface area contributed by atoms with Crippen LogP contribution >= 0.6 is 0 Å². The van der Waals surface area contributed by atoms with Gasteiger partial charge < -0.3 is 0 Å². The Hall–Kier alpha value is -3.11. The van der Waals surface area contributed by atoms with Crippen molar-refractivity contribution in [1.29, 1.82) is 0 Å². The third kappa shape index (κ3) is 5.44. The fourth-order valence-electron chi connectivity index (χ4n) is 2.22. The number of nitrogens with one attached hydrogen (secondary N) is 2. The number of carbonyl (C=O) groups is 1. The van der Waals surface area contributed by atoms with E-state index in [-0.39, 0.29) is 16.1 Å². The summed E-state index contributed by atoms with van der Waals surface area (Å²) in [6.07, 6.45) is 0.688. The van der Waals surface area contributed by atoms with Gasteiger partial charge in [-0.15, -0.1) is 0 Å². The first-order valence-corrected chi connectivity index (χ1v) is 9.92. The maximum Gasteiger partial charge on any atom is 0.271 e. The van der Waals surface area contributed by atoms with E-state index in [2.05, 4.69) is 15.2 Å². The summed E-state index contributed by atoms with van der Waals surface area (Å²) in [5.41, 5.74) is 3.31. The van der Waals surface area contributed by atoms with Gasteiger partial charge in [0.2, 0.25) is 10.0 Å². The average Bonchev–Trinajstić information content (AvgIpc) is 2.70. The highest BCUT2D eigenvalue weighted by Crippen LogP contribution is 2.13. The van der Waals surface area contributed by atoms with Crippen LogP contribution in [0.2, 0.25) is 0 Å². The number of amides is 1. The van der Waals surface area contributed by atoms with Crippen LogP contribution in [0.1, 0.15) is 36.2 Å². The van der Waals surface area contributed by atoms with E-state index in [1.165, 1.54) is 30.3 Å². The maximum atomic E-state index is 12.1. The van der Waals surface area contributed by atoms with Gasteiger partial charge in [-0.3, -0.25) is 14.9 Å². The number of hydrogen-bond donors (Lipinski definition) is 2. The van der Waals surface area contributed by atoms with Gasteiger partial charge in [0.25, 0.3) is 11.6 Å². The number of nitro benzene ring substituents is 1. The minimum Gasteiger partial charge on any atom is -0.267 e. The van der Waals surface area contributed by atoms with Crippen molar-refractivity contribution in [2.45, 2.75) is 25.2 Å². The Kier molecular flexibility index (Phi) is 6.96. The van der Waals surface area contributed by atoms with Gasteiger partial charge in [0.05, 0.1) is 15.5 Å². The number of hydrogen-bond acceptors (Lipinski definition) is 6. The molecule has 0 aliphatic carbocycles. The highest BCUT2D eigenvalue weighted by atomic mass is 32.2. The zero-order chi connectivity index (χ0) is 20.7. The summed E-state index contributed by atoms with van der Waals surface area (Å²) in [4.78, 5) is 22.4. The first-order chi connectivity index (χ1) is 13.2. The summed E-state index contributed by atoms with van der Waals surface area (Å²) in [6, 6.07) is 11.4. The Balaban J connectivity index is 2.10. The topological polar surface area (TPSA) is 131 Å². The number of nitro groups is 1. The van der Waals surface area contributed by atoms with Gasteiger partial charge in [-0.2, -0.15) is 5.10 Å². The van der Waals surface area contributed by atoms with E-state index in [0.717, 1.165) is 6.07 Å². The second-order valence-corrected chi connectivity index (χ2v) is 7.63. The summed E-state index contributed by atoms with van der Waals surface area (Å²) in [5.74, 6) is -0.592. The lowest BCUT2D eigenvalue weighted by Crippen LogP contribution is -2.24. The molecule has 0 saturated carbocycles. The van der Waals surface area contributed by atoms with Gasteiger partial charge in [-0.1, -0.05) is 25.1 Å². The van der Waals surface area contributed by atoms with Crippen molar-refractivity contribution in [3.8, 4) is 0 Å². The molecule has 2 aromatic rings. The van der Waals surface area contributed by atoms with E-state index in [1.54, 1.807) is 19.1 Å². The number of sulfonamides is 1. The van der Waals surface area contributed by atoms with Crippen molar-refractivity contribution in [3.63, 3.8) is 0 Å². The van der Waals surface area contributed by atoms with Crippen LogP contribution in [-0.4, -0.2) is 31.5 Å². The van der Waals surface area contributed by atoms with Gasteiger partial charge in [0.1, 0.15) is 0 Å². The van der Waals surface area contributed by atoms with E-state index in [0.29, 0.717) is 24.2 Å². The molecule has 0 unspecified atom stereocenters. The van der Waals surface area contributed by atoms with E-state index < -0.39 is 20.9 Å². The van der Waals surface area contributed by atoms with Crippen molar-refractivity contribution in [2.24, 2.45) is 5.10 Å². The Labute approximate surface area is 162 Å². The second-order valence-electron chi connectivity index (χ2n) is 5.87. The molecule has 0 spiro atoms. The van der Waals surface area contributed by atoms with Crippen molar-refractivity contribution >= 4 is 27.3 Å². The molecule has 0 aliphatic heterocycles. The number of carbonyl (C=O) groups excluding carboxylic acids is 1. The summed E-state index contributed by atoms with van der Waals surface area (Å²) in [7, 11) is -3.55. The summed E-state index contributed by atoms with van der Waals surface area (Å²) < 4.78 is 26.6. The van der Waals surface area contributed by atoms with Gasteiger partial charge in [0, 0.05) is 24.2 Å². The molecule has 0 bridgehead atoms. The first kappa shape index (κ1) is 21.2. The molecule has 0 heterocycles. The molecular weight excluding hydrogens is 384 g/mol. The zero-order valence-electron chi connectivity index (χ0n) is 15.4. The quantitative estimate of drug-likeness (QED) is 0.396. The monoisotopic (exact) mass is 404 g/mol. The molecular formula is C18H20N4O5S. The van der Waals surface area contributed by atoms with Crippen LogP contribution in [0.5, 0.6) is 0 Å². The summed E-state index contributed by atoms with van der Waals surface area (Å²) in [5, 5.41) is 14.8. The highest BCUT2D eigenvalue weighted by Gasteiger charge is 2.13. The largest absolute Gasteiger partial charge is 0.271 e. The van der Waals surface area contributed by atoms with Crippen LogP contribution in [-0.2, 0) is 10.0 Å². The zero-order valence-corrected chi connectivity index (χ0v) is 16.2. The average molecular weight is 404 g/mol. The Morgan fingerprint density at radius 1 is 1.14 bits per heavy atom. The van der Waals surface area contributed by atoms with Crippen LogP contribution < -0.4 is 10.1 Å². The SMILES string of the molecule is CCCNS(=O)(=O)c1ccc(/C(C)=N\NC(=O)c2cccc([N+](=O)[O-])c2)cc1. The molecule has 0 aliphatic rings. The fraction of sp³-hybridized carbons (Fsp3) is 0.222. The van der Waals surface area contributed by atoms with Crippen LogP contribution in [0, 0.1) is 10.1 Å². The number of hydrazone groups is 1. The van der Waals surface area contributed by atoms with E-state index in [1.807, 2.05) is 6.92 Å². The molecule has 9 nitrogen and oxygen atoms in total. The number of rotatable bonds is 8. The molecule has 2 rings (SSSR count).